The second-order valence-corrected chi connectivity index (χ2v) is 6.73. The Morgan fingerprint density at radius 2 is 2.27 bits per heavy atom. The maximum absolute atomic E-state index is 4.60. The van der Waals surface area contributed by atoms with Gasteiger partial charge >= 0.3 is 0 Å². The van der Waals surface area contributed by atoms with Crippen LogP contribution in [0.15, 0.2) is 4.99 Å². The summed E-state index contributed by atoms with van der Waals surface area (Å²) in [6, 6.07) is 0. The van der Waals surface area contributed by atoms with Gasteiger partial charge in [0, 0.05) is 18.8 Å². The fourth-order valence-electron chi connectivity index (χ4n) is 1.83. The van der Waals surface area contributed by atoms with Gasteiger partial charge in [0.25, 0.3) is 0 Å². The van der Waals surface area contributed by atoms with Crippen LogP contribution in [0.1, 0.15) is 33.6 Å². The molecule has 0 radical (unpaired) electrons. The van der Waals surface area contributed by atoms with E-state index in [2.05, 4.69) is 31.1 Å². The summed E-state index contributed by atoms with van der Waals surface area (Å²) in [6.07, 6.45) is 2.88. The van der Waals surface area contributed by atoms with E-state index in [1.807, 2.05) is 11.8 Å². The van der Waals surface area contributed by atoms with E-state index in [1.165, 1.54) is 23.8 Å². The molecule has 1 heterocycles. The van der Waals surface area contributed by atoms with Gasteiger partial charge in [-0.25, -0.2) is 0 Å². The average molecular weight is 226 g/mol. The van der Waals surface area contributed by atoms with Gasteiger partial charge in [0.2, 0.25) is 0 Å². The summed E-state index contributed by atoms with van der Waals surface area (Å²) in [6.45, 7) is 9.00. The first-order valence-electron chi connectivity index (χ1n) is 5.98. The largest absolute Gasteiger partial charge is 0.365 e. The maximum atomic E-state index is 4.60. The van der Waals surface area contributed by atoms with Gasteiger partial charge in [-0.2, -0.15) is 0 Å². The van der Waals surface area contributed by atoms with E-state index in [0.29, 0.717) is 5.41 Å². The van der Waals surface area contributed by atoms with Gasteiger partial charge in [0.1, 0.15) is 0 Å². The van der Waals surface area contributed by atoms with Crippen molar-refractivity contribution >= 4 is 16.9 Å². The minimum absolute atomic E-state index is 0.387. The predicted molar refractivity (Wildman–Crippen MR) is 68.4 cm³/mol. The van der Waals surface area contributed by atoms with Crippen LogP contribution >= 0.6 is 11.8 Å². The zero-order chi connectivity index (χ0) is 10.9. The number of thioether (sulfide) groups is 1. The summed E-state index contributed by atoms with van der Waals surface area (Å²) in [5.74, 6) is 3.00. The van der Waals surface area contributed by atoms with Gasteiger partial charge in [-0.1, -0.05) is 32.5 Å². The van der Waals surface area contributed by atoms with Gasteiger partial charge in [-0.3, -0.25) is 4.99 Å². The van der Waals surface area contributed by atoms with Gasteiger partial charge in [0.15, 0.2) is 5.17 Å². The lowest BCUT2D eigenvalue weighted by Gasteiger charge is -2.27. The molecule has 2 aliphatic rings. The Kier molecular flexibility index (Phi) is 3.29. The molecule has 1 atom stereocenters. The summed E-state index contributed by atoms with van der Waals surface area (Å²) in [5, 5.41) is 4.66. The second-order valence-electron chi connectivity index (χ2n) is 5.77. The predicted octanol–water partition coefficient (Wildman–Crippen LogP) is 2.75. The summed E-state index contributed by atoms with van der Waals surface area (Å²) in [5.41, 5.74) is 0.387. The quantitative estimate of drug-likeness (QED) is 0.800. The van der Waals surface area contributed by atoms with Crippen molar-refractivity contribution < 1.29 is 0 Å². The molecule has 3 heteroatoms. The van der Waals surface area contributed by atoms with Crippen molar-refractivity contribution in [1.82, 2.24) is 5.32 Å². The molecule has 15 heavy (non-hydrogen) atoms. The summed E-state index contributed by atoms with van der Waals surface area (Å²) in [7, 11) is 0. The van der Waals surface area contributed by atoms with Gasteiger partial charge in [0.05, 0.1) is 0 Å². The van der Waals surface area contributed by atoms with Crippen molar-refractivity contribution in [3.8, 4) is 0 Å². The zero-order valence-corrected chi connectivity index (χ0v) is 10.9. The van der Waals surface area contributed by atoms with E-state index in [4.69, 9.17) is 0 Å². The summed E-state index contributed by atoms with van der Waals surface area (Å²) < 4.78 is 0. The number of aliphatic imine (C=N–C) groups is 1. The minimum atomic E-state index is 0.387. The zero-order valence-electron chi connectivity index (χ0n) is 10.0. The normalized spacial score (nSPS) is 27.0. The Labute approximate surface area is 97.3 Å². The molecule has 0 aromatic rings. The molecule has 0 aromatic carbocycles. The molecule has 0 spiro atoms. The Morgan fingerprint density at radius 3 is 2.80 bits per heavy atom. The highest BCUT2D eigenvalue weighted by molar-refractivity contribution is 8.13. The first-order valence-corrected chi connectivity index (χ1v) is 6.96. The number of hydrogen-bond donors (Lipinski definition) is 1. The molecular weight excluding hydrogens is 204 g/mol. The van der Waals surface area contributed by atoms with Crippen LogP contribution in [0.4, 0.5) is 0 Å². The molecule has 86 valence electrons. The fourth-order valence-corrected chi connectivity index (χ4v) is 2.79. The third-order valence-corrected chi connectivity index (χ3v) is 4.73. The van der Waals surface area contributed by atoms with E-state index in [9.17, 15) is 0 Å². The molecule has 1 fully saturated rings. The highest BCUT2D eigenvalue weighted by atomic mass is 32.2. The molecule has 0 aromatic heterocycles. The molecule has 1 N–H and O–H groups in total. The van der Waals surface area contributed by atoms with Crippen molar-refractivity contribution in [2.45, 2.75) is 33.6 Å². The third kappa shape index (κ3) is 3.40. The third-order valence-electron chi connectivity index (χ3n) is 3.25. The number of rotatable bonds is 3. The lowest BCUT2D eigenvalue weighted by Crippen LogP contribution is -2.33. The van der Waals surface area contributed by atoms with E-state index in [1.54, 1.807) is 0 Å². The van der Waals surface area contributed by atoms with E-state index < -0.39 is 0 Å². The van der Waals surface area contributed by atoms with Crippen molar-refractivity contribution in [1.29, 1.82) is 0 Å². The Morgan fingerprint density at radius 1 is 1.53 bits per heavy atom. The number of nitrogens with one attached hydrogen (secondary N) is 1. The van der Waals surface area contributed by atoms with E-state index in [-0.39, 0.29) is 0 Å². The van der Waals surface area contributed by atoms with Crippen LogP contribution in [-0.4, -0.2) is 24.0 Å². The second kappa shape index (κ2) is 4.36. The minimum Gasteiger partial charge on any atom is -0.365 e. The lowest BCUT2D eigenvalue weighted by atomic mass is 9.97. The van der Waals surface area contributed by atoms with Crippen LogP contribution in [-0.2, 0) is 0 Å². The standard InChI is InChI=1S/C12H22N2S/c1-9(10-4-5-10)6-13-11-14-7-12(2,3)8-15-11/h9-10H,4-8H2,1-3H3,(H,13,14). The number of amidine groups is 1. The molecule has 1 aliphatic carbocycles. The molecule has 1 aliphatic heterocycles. The maximum Gasteiger partial charge on any atom is 0.156 e. The van der Waals surface area contributed by atoms with Crippen LogP contribution in [0.3, 0.4) is 0 Å². The number of nitrogens with zero attached hydrogens (tertiary/aromatic N) is 1. The molecule has 1 saturated carbocycles. The van der Waals surface area contributed by atoms with Gasteiger partial charge in [-0.15, -0.1) is 0 Å². The molecule has 0 amide bonds. The van der Waals surface area contributed by atoms with Crippen molar-refractivity contribution in [3.63, 3.8) is 0 Å². The fraction of sp³-hybridized carbons (Fsp3) is 0.917. The Balaban J connectivity index is 1.73. The smallest absolute Gasteiger partial charge is 0.156 e. The van der Waals surface area contributed by atoms with Crippen LogP contribution in [0.25, 0.3) is 0 Å². The van der Waals surface area contributed by atoms with E-state index >= 15 is 0 Å². The van der Waals surface area contributed by atoms with Crippen LogP contribution in [0.2, 0.25) is 0 Å². The van der Waals surface area contributed by atoms with Crippen molar-refractivity contribution in [2.24, 2.45) is 22.2 Å². The number of hydrogen-bond acceptors (Lipinski definition) is 3. The highest BCUT2D eigenvalue weighted by Crippen LogP contribution is 2.36. The van der Waals surface area contributed by atoms with Gasteiger partial charge < -0.3 is 5.32 Å². The molecular formula is C12H22N2S. The Hall–Kier alpha value is -0.180. The topological polar surface area (TPSA) is 24.4 Å². The SMILES string of the molecule is CC(CNC1=NCC(C)(C)CS1)C1CC1. The van der Waals surface area contributed by atoms with E-state index in [0.717, 1.165) is 24.9 Å². The first-order chi connectivity index (χ1) is 7.07. The first kappa shape index (κ1) is 11.3. The molecule has 0 bridgehead atoms. The molecule has 2 rings (SSSR count). The summed E-state index contributed by atoms with van der Waals surface area (Å²) in [4.78, 5) is 4.60. The van der Waals surface area contributed by atoms with Crippen LogP contribution in [0, 0.1) is 17.3 Å². The molecule has 2 nitrogen and oxygen atoms in total. The molecule has 1 unspecified atom stereocenters. The van der Waals surface area contributed by atoms with Crippen molar-refractivity contribution in [3.05, 3.63) is 0 Å². The molecule has 0 saturated heterocycles. The summed E-state index contributed by atoms with van der Waals surface area (Å²) >= 11 is 1.88. The average Bonchev–Trinajstić information content (AvgIpc) is 2.99. The van der Waals surface area contributed by atoms with Crippen molar-refractivity contribution in [2.75, 3.05) is 18.8 Å². The lowest BCUT2D eigenvalue weighted by molar-refractivity contribution is 0.435. The highest BCUT2D eigenvalue weighted by Gasteiger charge is 2.28. The van der Waals surface area contributed by atoms with Gasteiger partial charge in [-0.05, 0) is 30.1 Å². The Bertz CT molecular complexity index is 256. The monoisotopic (exact) mass is 226 g/mol. The van der Waals surface area contributed by atoms with Crippen LogP contribution in [0.5, 0.6) is 0 Å². The van der Waals surface area contributed by atoms with Crippen LogP contribution < -0.4 is 5.32 Å².